The molecule has 3 rings (SSSR count). The second kappa shape index (κ2) is 11.0. The van der Waals surface area contributed by atoms with Crippen LogP contribution in [0.15, 0.2) is 64.6 Å². The third-order valence-electron chi connectivity index (χ3n) is 6.18. The number of hydrogen-bond donors (Lipinski definition) is 1. The normalized spacial score (nSPS) is 16.6. The Morgan fingerprint density at radius 1 is 1.06 bits per heavy atom. The van der Waals surface area contributed by atoms with Crippen LogP contribution in [0.25, 0.3) is 0 Å². The van der Waals surface area contributed by atoms with Crippen molar-refractivity contribution in [3.05, 3.63) is 54.6 Å². The Balaban J connectivity index is 1.76. The van der Waals surface area contributed by atoms with Gasteiger partial charge in [0.1, 0.15) is 12.3 Å². The highest BCUT2D eigenvalue weighted by Gasteiger charge is 2.29. The van der Waals surface area contributed by atoms with Crippen molar-refractivity contribution in [3.63, 3.8) is 0 Å². The predicted molar refractivity (Wildman–Crippen MR) is 136 cm³/mol. The van der Waals surface area contributed by atoms with Crippen LogP contribution in [0, 0.1) is 11.3 Å². The lowest BCUT2D eigenvalue weighted by Gasteiger charge is -2.34. The van der Waals surface area contributed by atoms with Crippen LogP contribution in [0.2, 0.25) is 0 Å². The summed E-state index contributed by atoms with van der Waals surface area (Å²) in [5, 5.41) is 4.32. The highest BCUT2D eigenvalue weighted by molar-refractivity contribution is 7.92. The second-order valence-electron chi connectivity index (χ2n) is 9.60. The minimum absolute atomic E-state index is 0.114. The van der Waals surface area contributed by atoms with Crippen molar-refractivity contribution in [1.29, 1.82) is 0 Å². The molecule has 0 unspecified atom stereocenters. The molecule has 0 saturated heterocycles. The van der Waals surface area contributed by atoms with E-state index in [0.29, 0.717) is 24.0 Å². The number of ether oxygens (including phenoxy) is 1. The Morgan fingerprint density at radius 2 is 1.68 bits per heavy atom. The van der Waals surface area contributed by atoms with E-state index < -0.39 is 15.9 Å². The lowest BCUT2D eigenvalue weighted by molar-refractivity contribution is -0.119. The van der Waals surface area contributed by atoms with E-state index in [4.69, 9.17) is 4.74 Å². The fourth-order valence-corrected chi connectivity index (χ4v) is 5.59. The van der Waals surface area contributed by atoms with Gasteiger partial charge in [-0.3, -0.25) is 9.10 Å². The highest BCUT2D eigenvalue weighted by Crippen LogP contribution is 2.36. The first-order chi connectivity index (χ1) is 16.1. The number of anilines is 1. The van der Waals surface area contributed by atoms with Crippen molar-refractivity contribution < 1.29 is 17.9 Å². The van der Waals surface area contributed by atoms with Crippen molar-refractivity contribution in [2.75, 3.05) is 17.5 Å². The molecule has 0 spiro atoms. The molecule has 2 aromatic rings. The number of nitrogens with one attached hydrogen (secondary N) is 1. The largest absolute Gasteiger partial charge is 0.494 e. The Kier molecular flexibility index (Phi) is 8.36. The van der Waals surface area contributed by atoms with E-state index in [9.17, 15) is 13.2 Å². The number of amides is 1. The molecule has 1 saturated carbocycles. The minimum atomic E-state index is -3.96. The standard InChI is InChI=1S/C26H35N3O4S/c1-5-33-23-17-15-22(16-18-23)29(34(31,32)24-9-7-6-8-10-24)19-25(30)28-27-21-13-11-20(12-14-21)26(2,3)4/h6-10,15-18,20H,5,11-14,19H2,1-4H3,(H,28,30). The number of carbonyl (C=O) groups is 1. The topological polar surface area (TPSA) is 88.1 Å². The number of carbonyl (C=O) groups excluding carboxylic acids is 1. The van der Waals surface area contributed by atoms with Gasteiger partial charge in [0, 0.05) is 5.71 Å². The summed E-state index contributed by atoms with van der Waals surface area (Å²) in [6, 6.07) is 14.8. The Labute approximate surface area is 203 Å². The Bertz CT molecular complexity index is 1080. The van der Waals surface area contributed by atoms with Gasteiger partial charge in [0.15, 0.2) is 0 Å². The number of nitrogens with zero attached hydrogens (tertiary/aromatic N) is 2. The maximum absolute atomic E-state index is 13.4. The Hall–Kier alpha value is -2.87. The summed E-state index contributed by atoms with van der Waals surface area (Å²) in [5.41, 5.74) is 4.17. The quantitative estimate of drug-likeness (QED) is 0.534. The van der Waals surface area contributed by atoms with Gasteiger partial charge in [-0.25, -0.2) is 13.8 Å². The fraction of sp³-hybridized carbons (Fsp3) is 0.462. The molecular formula is C26H35N3O4S. The van der Waals surface area contributed by atoms with Crippen molar-refractivity contribution >= 4 is 27.3 Å². The van der Waals surface area contributed by atoms with E-state index >= 15 is 0 Å². The molecule has 184 valence electrons. The fourth-order valence-electron chi connectivity index (χ4n) is 4.15. The first-order valence-electron chi connectivity index (χ1n) is 11.8. The van der Waals surface area contributed by atoms with Crippen LogP contribution in [0.3, 0.4) is 0 Å². The maximum atomic E-state index is 13.4. The van der Waals surface area contributed by atoms with Crippen molar-refractivity contribution in [3.8, 4) is 5.75 Å². The Morgan fingerprint density at radius 3 is 2.24 bits per heavy atom. The summed E-state index contributed by atoms with van der Waals surface area (Å²) in [5.74, 6) is 0.775. The number of rotatable bonds is 8. The van der Waals surface area contributed by atoms with Crippen LogP contribution in [0.4, 0.5) is 5.69 Å². The number of hydrazone groups is 1. The summed E-state index contributed by atoms with van der Waals surface area (Å²) in [6.07, 6.45) is 3.76. The van der Waals surface area contributed by atoms with Crippen LogP contribution in [0.5, 0.6) is 5.75 Å². The zero-order valence-corrected chi connectivity index (χ0v) is 21.3. The number of hydrogen-bond acceptors (Lipinski definition) is 5. The smallest absolute Gasteiger partial charge is 0.264 e. The molecular weight excluding hydrogens is 450 g/mol. The molecule has 34 heavy (non-hydrogen) atoms. The summed E-state index contributed by atoms with van der Waals surface area (Å²) < 4.78 is 33.3. The van der Waals surface area contributed by atoms with Gasteiger partial charge in [-0.15, -0.1) is 0 Å². The highest BCUT2D eigenvalue weighted by atomic mass is 32.2. The molecule has 1 fully saturated rings. The average molecular weight is 486 g/mol. The van der Waals surface area contributed by atoms with E-state index in [2.05, 4.69) is 31.3 Å². The zero-order valence-electron chi connectivity index (χ0n) is 20.5. The average Bonchev–Trinajstić information content (AvgIpc) is 2.82. The SMILES string of the molecule is CCOc1ccc(N(CC(=O)NN=C2CCC(C(C)(C)C)CC2)S(=O)(=O)c2ccccc2)cc1. The van der Waals surface area contributed by atoms with Crippen LogP contribution < -0.4 is 14.5 Å². The summed E-state index contributed by atoms with van der Waals surface area (Å²) in [7, 11) is -3.96. The maximum Gasteiger partial charge on any atom is 0.264 e. The first kappa shape index (κ1) is 25.7. The molecule has 1 amide bonds. The van der Waals surface area contributed by atoms with Gasteiger partial charge in [-0.1, -0.05) is 39.0 Å². The zero-order chi connectivity index (χ0) is 24.8. The van der Waals surface area contributed by atoms with Crippen molar-refractivity contribution in [2.24, 2.45) is 16.4 Å². The minimum Gasteiger partial charge on any atom is -0.494 e. The third kappa shape index (κ3) is 6.59. The second-order valence-corrected chi connectivity index (χ2v) is 11.5. The van der Waals surface area contributed by atoms with Crippen molar-refractivity contribution in [1.82, 2.24) is 5.43 Å². The van der Waals surface area contributed by atoms with E-state index in [1.54, 1.807) is 42.5 Å². The van der Waals surface area contributed by atoms with Crippen LogP contribution in [0.1, 0.15) is 53.4 Å². The molecule has 1 N–H and O–H groups in total. The van der Waals surface area contributed by atoms with E-state index in [1.165, 1.54) is 12.1 Å². The molecule has 0 radical (unpaired) electrons. The predicted octanol–water partition coefficient (Wildman–Crippen LogP) is 4.99. The molecule has 2 aromatic carbocycles. The van der Waals surface area contributed by atoms with Gasteiger partial charge in [0.25, 0.3) is 15.9 Å². The molecule has 0 heterocycles. The summed E-state index contributed by atoms with van der Waals surface area (Å²) >= 11 is 0. The van der Waals surface area contributed by atoms with Crippen LogP contribution >= 0.6 is 0 Å². The first-order valence-corrected chi connectivity index (χ1v) is 13.2. The molecule has 1 aliphatic carbocycles. The molecule has 8 heteroatoms. The van der Waals surface area contributed by atoms with Gasteiger partial charge >= 0.3 is 0 Å². The van der Waals surface area contributed by atoms with Gasteiger partial charge in [0.05, 0.1) is 17.2 Å². The lowest BCUT2D eigenvalue weighted by Crippen LogP contribution is -2.40. The van der Waals surface area contributed by atoms with Crippen molar-refractivity contribution in [2.45, 2.75) is 58.3 Å². The van der Waals surface area contributed by atoms with Gasteiger partial charge in [-0.05, 0) is 80.3 Å². The monoisotopic (exact) mass is 485 g/mol. The summed E-state index contributed by atoms with van der Waals surface area (Å²) in [6.45, 7) is 8.76. The van der Waals surface area contributed by atoms with E-state index in [0.717, 1.165) is 35.7 Å². The molecule has 0 bridgehead atoms. The lowest BCUT2D eigenvalue weighted by atomic mass is 9.72. The third-order valence-corrected chi connectivity index (χ3v) is 7.97. The number of sulfonamides is 1. The molecule has 7 nitrogen and oxygen atoms in total. The van der Waals surface area contributed by atoms with Gasteiger partial charge in [0.2, 0.25) is 0 Å². The molecule has 0 aromatic heterocycles. The van der Waals surface area contributed by atoms with Gasteiger partial charge < -0.3 is 4.74 Å². The van der Waals surface area contributed by atoms with Crippen LogP contribution in [-0.4, -0.2) is 33.2 Å². The van der Waals surface area contributed by atoms with Crippen LogP contribution in [-0.2, 0) is 14.8 Å². The molecule has 1 aliphatic rings. The molecule has 0 atom stereocenters. The molecule has 0 aliphatic heterocycles. The van der Waals surface area contributed by atoms with E-state index in [1.807, 2.05) is 6.92 Å². The summed E-state index contributed by atoms with van der Waals surface area (Å²) in [4.78, 5) is 12.9. The van der Waals surface area contributed by atoms with Gasteiger partial charge in [-0.2, -0.15) is 5.10 Å². The number of benzene rings is 2. The van der Waals surface area contributed by atoms with E-state index in [-0.39, 0.29) is 16.9 Å².